The zero-order valence-electron chi connectivity index (χ0n) is 47.6. The third kappa shape index (κ3) is 7.54. The fourth-order valence-corrected chi connectivity index (χ4v) is 13.1. The van der Waals surface area contributed by atoms with Gasteiger partial charge in [0, 0.05) is 49.6 Å². The molecule has 14 rings (SSSR count). The molecule has 12 aromatic rings. The van der Waals surface area contributed by atoms with Crippen molar-refractivity contribution in [2.45, 2.75) is 105 Å². The predicted molar refractivity (Wildman–Crippen MR) is 335 cm³/mol. The van der Waals surface area contributed by atoms with Crippen LogP contribution >= 0.6 is 0 Å². The van der Waals surface area contributed by atoms with Crippen molar-refractivity contribution in [3.8, 4) is 67.8 Å². The standard InChI is InChI=1S/C73H66BN5/c1-70(2,3)48-39-52(72(7,8)9)62-56(41-48)78-58-37-47(69-76-67(45-29-21-15-22-30-45)75-68(77-69)46-31-23-16-24-32-46)38-59-64(58)74(54-35-33-50(60(62)65(54)78)43-25-17-13-18-26-43)55-36-34-51(44-27-19-14-20-28-44)61-63-53(73(10,11)12)40-49(71(4,5)6)42-57(63)79(59)66(55)61/h13-42H,1-12H3. The molecule has 0 saturated carbocycles. The number of rotatable bonds is 5. The van der Waals surface area contributed by atoms with E-state index >= 15 is 0 Å². The number of fused-ring (bicyclic) bond motifs is 10. The summed E-state index contributed by atoms with van der Waals surface area (Å²) in [7, 11) is 0. The first-order valence-electron chi connectivity index (χ1n) is 28.2. The first-order valence-corrected chi connectivity index (χ1v) is 28.2. The molecule has 5 nitrogen and oxygen atoms in total. The summed E-state index contributed by atoms with van der Waals surface area (Å²) < 4.78 is 5.33. The number of benzene rings is 9. The Kier molecular flexibility index (Phi) is 10.6. The molecule has 0 radical (unpaired) electrons. The van der Waals surface area contributed by atoms with E-state index in [0.29, 0.717) is 17.5 Å². The number of hydrogen-bond donors (Lipinski definition) is 0. The van der Waals surface area contributed by atoms with Gasteiger partial charge in [0.15, 0.2) is 17.5 Å². The van der Waals surface area contributed by atoms with Crippen molar-refractivity contribution in [2.24, 2.45) is 0 Å². The van der Waals surface area contributed by atoms with Crippen LogP contribution in [0.5, 0.6) is 0 Å². The topological polar surface area (TPSA) is 48.5 Å². The van der Waals surface area contributed by atoms with Gasteiger partial charge in [-0.25, -0.2) is 15.0 Å². The largest absolute Gasteiger partial charge is 0.310 e. The predicted octanol–water partition coefficient (Wildman–Crippen LogP) is 16.7. The molecule has 386 valence electrons. The quantitative estimate of drug-likeness (QED) is 0.161. The monoisotopic (exact) mass is 1020 g/mol. The van der Waals surface area contributed by atoms with E-state index in [2.05, 4.69) is 262 Å². The first kappa shape index (κ1) is 49.0. The normalized spacial score (nSPS) is 13.3. The molecule has 2 aliphatic rings. The molecule has 0 saturated heterocycles. The maximum atomic E-state index is 5.50. The van der Waals surface area contributed by atoms with Crippen LogP contribution in [0.25, 0.3) is 111 Å². The van der Waals surface area contributed by atoms with Gasteiger partial charge in [0.25, 0.3) is 6.71 Å². The van der Waals surface area contributed by atoms with Gasteiger partial charge in [-0.1, -0.05) is 241 Å². The van der Waals surface area contributed by atoms with Crippen LogP contribution in [0, 0.1) is 0 Å². The van der Waals surface area contributed by atoms with Crippen molar-refractivity contribution in [2.75, 3.05) is 0 Å². The molecule has 0 unspecified atom stereocenters. The van der Waals surface area contributed by atoms with Crippen LogP contribution in [-0.4, -0.2) is 30.8 Å². The second kappa shape index (κ2) is 17.1. The van der Waals surface area contributed by atoms with E-state index in [-0.39, 0.29) is 28.4 Å². The summed E-state index contributed by atoms with van der Waals surface area (Å²) in [5.41, 5.74) is 23.7. The third-order valence-electron chi connectivity index (χ3n) is 17.1. The fraction of sp³-hybridized carbons (Fsp3) is 0.219. The van der Waals surface area contributed by atoms with Crippen LogP contribution < -0.4 is 16.4 Å². The fourth-order valence-electron chi connectivity index (χ4n) is 13.1. The van der Waals surface area contributed by atoms with Gasteiger partial charge in [-0.05, 0) is 107 Å². The molecule has 0 amide bonds. The van der Waals surface area contributed by atoms with Crippen molar-refractivity contribution in [3.05, 3.63) is 204 Å². The number of aromatic nitrogens is 5. The Morgan fingerprint density at radius 2 is 0.671 bits per heavy atom. The molecule has 0 N–H and O–H groups in total. The van der Waals surface area contributed by atoms with Crippen molar-refractivity contribution >= 4 is 66.7 Å². The summed E-state index contributed by atoms with van der Waals surface area (Å²) >= 11 is 0. The van der Waals surface area contributed by atoms with Crippen molar-refractivity contribution in [1.29, 1.82) is 0 Å². The van der Waals surface area contributed by atoms with Gasteiger partial charge in [-0.15, -0.1) is 0 Å². The molecule has 3 aromatic heterocycles. The maximum Gasteiger partial charge on any atom is 0.252 e. The average Bonchev–Trinajstić information content (AvgIpc) is 2.29. The maximum absolute atomic E-state index is 5.50. The van der Waals surface area contributed by atoms with E-state index in [1.54, 1.807) is 0 Å². The molecule has 2 aliphatic heterocycles. The zero-order chi connectivity index (χ0) is 54.7. The van der Waals surface area contributed by atoms with Gasteiger partial charge in [0.05, 0.1) is 22.1 Å². The molecule has 6 heteroatoms. The molecular formula is C73H66BN5. The van der Waals surface area contributed by atoms with E-state index in [0.717, 1.165) is 28.1 Å². The number of hydrogen-bond acceptors (Lipinski definition) is 3. The van der Waals surface area contributed by atoms with Crippen molar-refractivity contribution in [3.63, 3.8) is 0 Å². The Bertz CT molecular complexity index is 4200. The van der Waals surface area contributed by atoms with Crippen LogP contribution in [0.2, 0.25) is 0 Å². The Balaban J connectivity index is 1.23. The molecule has 0 aliphatic carbocycles. The second-order valence-corrected chi connectivity index (χ2v) is 26.5. The van der Waals surface area contributed by atoms with Crippen molar-refractivity contribution < 1.29 is 0 Å². The van der Waals surface area contributed by atoms with Crippen molar-refractivity contribution in [1.82, 2.24) is 24.1 Å². The second-order valence-electron chi connectivity index (χ2n) is 26.5. The number of nitrogens with zero attached hydrogens (tertiary/aromatic N) is 5. The van der Waals surface area contributed by atoms with E-state index in [1.807, 2.05) is 12.1 Å². The minimum Gasteiger partial charge on any atom is -0.310 e. The van der Waals surface area contributed by atoms with Crippen LogP contribution in [0.1, 0.15) is 105 Å². The molecule has 9 aromatic carbocycles. The van der Waals surface area contributed by atoms with Crippen LogP contribution in [0.3, 0.4) is 0 Å². The lowest BCUT2D eigenvalue weighted by Crippen LogP contribution is -2.59. The summed E-state index contributed by atoms with van der Waals surface area (Å²) in [5.74, 6) is 1.91. The smallest absolute Gasteiger partial charge is 0.252 e. The summed E-state index contributed by atoms with van der Waals surface area (Å²) in [6.07, 6.45) is 0. The van der Waals surface area contributed by atoms with Gasteiger partial charge < -0.3 is 9.13 Å². The highest BCUT2D eigenvalue weighted by atomic mass is 15.1. The lowest BCUT2D eigenvalue weighted by molar-refractivity contribution is 0.572. The highest BCUT2D eigenvalue weighted by Gasteiger charge is 2.44. The van der Waals surface area contributed by atoms with Gasteiger partial charge in [-0.2, -0.15) is 0 Å². The molecule has 5 heterocycles. The Hall–Kier alpha value is -8.35. The van der Waals surface area contributed by atoms with E-state index in [1.165, 1.54) is 105 Å². The summed E-state index contributed by atoms with van der Waals surface area (Å²) in [5, 5.41) is 5.22. The summed E-state index contributed by atoms with van der Waals surface area (Å²) in [6.45, 7) is 28.4. The summed E-state index contributed by atoms with van der Waals surface area (Å²) in [6, 6.07) is 67.6. The highest BCUT2D eigenvalue weighted by molar-refractivity contribution is 7.00. The Morgan fingerprint density at radius 1 is 0.329 bits per heavy atom. The van der Waals surface area contributed by atoms with Gasteiger partial charge >= 0.3 is 0 Å². The van der Waals surface area contributed by atoms with E-state index in [9.17, 15) is 0 Å². The van der Waals surface area contributed by atoms with Crippen LogP contribution in [0.4, 0.5) is 0 Å². The molecule has 79 heavy (non-hydrogen) atoms. The molecule has 0 bridgehead atoms. The Morgan fingerprint density at radius 3 is 1.01 bits per heavy atom. The molecule has 0 atom stereocenters. The minimum atomic E-state index is -0.182. The lowest BCUT2D eigenvalue weighted by Gasteiger charge is -2.34. The van der Waals surface area contributed by atoms with Gasteiger partial charge in [0.1, 0.15) is 0 Å². The molecule has 0 spiro atoms. The average molecular weight is 1020 g/mol. The lowest BCUT2D eigenvalue weighted by atomic mass is 9.34. The van der Waals surface area contributed by atoms with E-state index < -0.39 is 0 Å². The SMILES string of the molecule is CC(C)(C)c1cc(C(C)(C)C)c2c3c(-c4ccccc4)ccc4c3n(c2c1)-c1cc(-c2nc(-c3ccccc3)nc(-c3ccccc3)n2)cc2c1B4c1ccc(-c3ccccc3)c3c4c(C(C)(C)C)cc(C(C)(C)C)cc4n-2c13. The Labute approximate surface area is 465 Å². The van der Waals surface area contributed by atoms with Crippen LogP contribution in [-0.2, 0) is 21.7 Å². The molecular weight excluding hydrogens is 958 g/mol. The van der Waals surface area contributed by atoms with Crippen LogP contribution in [0.15, 0.2) is 182 Å². The van der Waals surface area contributed by atoms with Gasteiger partial charge in [0.2, 0.25) is 0 Å². The zero-order valence-corrected chi connectivity index (χ0v) is 47.6. The van der Waals surface area contributed by atoms with E-state index in [4.69, 9.17) is 15.0 Å². The summed E-state index contributed by atoms with van der Waals surface area (Å²) in [4.78, 5) is 16.2. The third-order valence-corrected chi connectivity index (χ3v) is 17.1. The van der Waals surface area contributed by atoms with Gasteiger partial charge in [-0.3, -0.25) is 0 Å². The highest BCUT2D eigenvalue weighted by Crippen LogP contribution is 2.50. The first-order chi connectivity index (χ1) is 37.7. The molecule has 0 fully saturated rings. The minimum absolute atomic E-state index is 0.106.